The van der Waals surface area contributed by atoms with Gasteiger partial charge in [-0.15, -0.1) is 0 Å². The van der Waals surface area contributed by atoms with Gasteiger partial charge in [0.05, 0.1) is 17.1 Å². The Kier molecular flexibility index (Phi) is 3.66. The van der Waals surface area contributed by atoms with E-state index in [0.717, 1.165) is 12.8 Å². The molecule has 1 amide bonds. The van der Waals surface area contributed by atoms with Crippen molar-refractivity contribution in [2.75, 3.05) is 11.9 Å². The number of hydrogen-bond donors (Lipinski definition) is 3. The van der Waals surface area contributed by atoms with Gasteiger partial charge in [-0.2, -0.15) is 0 Å². The molecule has 0 aliphatic heterocycles. The molecule has 3 N–H and O–H groups in total. The van der Waals surface area contributed by atoms with Crippen LogP contribution in [0.25, 0.3) is 0 Å². The predicted molar refractivity (Wildman–Crippen MR) is 65.9 cm³/mol. The molecule has 0 radical (unpaired) electrons. The van der Waals surface area contributed by atoms with Crippen molar-refractivity contribution in [1.82, 2.24) is 10.3 Å². The number of amides is 1. The minimum Gasteiger partial charge on any atom is -0.478 e. The van der Waals surface area contributed by atoms with E-state index in [2.05, 4.69) is 15.6 Å². The molecule has 0 saturated heterocycles. The van der Waals surface area contributed by atoms with E-state index in [0.29, 0.717) is 11.9 Å². The first-order valence-corrected chi connectivity index (χ1v) is 5.86. The van der Waals surface area contributed by atoms with Crippen LogP contribution in [0.1, 0.15) is 23.2 Å². The standard InChI is InChI=1S/C11H12ClN3O3/c12-8-3-6(11(17)18)4-13-10(8)14-5-9(16)15-7-1-2-7/h3-4,7H,1-2,5H2,(H,13,14)(H,15,16)(H,17,18). The summed E-state index contributed by atoms with van der Waals surface area (Å²) in [5, 5.41) is 14.5. The molecule has 2 rings (SSSR count). The highest BCUT2D eigenvalue weighted by molar-refractivity contribution is 6.33. The molecule has 1 fully saturated rings. The van der Waals surface area contributed by atoms with Crippen molar-refractivity contribution >= 4 is 29.3 Å². The lowest BCUT2D eigenvalue weighted by molar-refractivity contribution is -0.119. The molecule has 96 valence electrons. The van der Waals surface area contributed by atoms with Crippen molar-refractivity contribution in [3.05, 3.63) is 22.8 Å². The van der Waals surface area contributed by atoms with E-state index in [9.17, 15) is 9.59 Å². The fraction of sp³-hybridized carbons (Fsp3) is 0.364. The molecule has 0 spiro atoms. The zero-order valence-electron chi connectivity index (χ0n) is 9.44. The SMILES string of the molecule is O=C(CNc1ncc(C(=O)O)cc1Cl)NC1CC1. The first kappa shape index (κ1) is 12.6. The summed E-state index contributed by atoms with van der Waals surface area (Å²) in [4.78, 5) is 26.0. The number of carbonyl (C=O) groups excluding carboxylic acids is 1. The second-order valence-electron chi connectivity index (χ2n) is 4.05. The number of carboxylic acids is 1. The van der Waals surface area contributed by atoms with Gasteiger partial charge in [-0.05, 0) is 18.9 Å². The molecule has 1 saturated carbocycles. The summed E-state index contributed by atoms with van der Waals surface area (Å²) >= 11 is 5.85. The molecule has 1 aromatic heterocycles. The van der Waals surface area contributed by atoms with Gasteiger partial charge >= 0.3 is 5.97 Å². The molecule has 0 unspecified atom stereocenters. The van der Waals surface area contributed by atoms with Crippen LogP contribution < -0.4 is 10.6 Å². The summed E-state index contributed by atoms with van der Waals surface area (Å²) in [5.41, 5.74) is 0.00739. The normalized spacial score (nSPS) is 14.1. The Morgan fingerprint density at radius 2 is 2.22 bits per heavy atom. The summed E-state index contributed by atoms with van der Waals surface area (Å²) in [6, 6.07) is 1.59. The van der Waals surface area contributed by atoms with Crippen molar-refractivity contribution in [1.29, 1.82) is 0 Å². The molecule has 0 aromatic carbocycles. The summed E-state index contributed by atoms with van der Waals surface area (Å²) in [7, 11) is 0. The van der Waals surface area contributed by atoms with Crippen LogP contribution in [0.2, 0.25) is 5.02 Å². The van der Waals surface area contributed by atoms with Crippen molar-refractivity contribution < 1.29 is 14.7 Å². The van der Waals surface area contributed by atoms with Gasteiger partial charge in [0, 0.05) is 12.2 Å². The number of anilines is 1. The average molecular weight is 270 g/mol. The Labute approximate surface area is 108 Å². The van der Waals surface area contributed by atoms with E-state index in [4.69, 9.17) is 16.7 Å². The van der Waals surface area contributed by atoms with Gasteiger partial charge in [-0.25, -0.2) is 9.78 Å². The third kappa shape index (κ3) is 3.33. The topological polar surface area (TPSA) is 91.3 Å². The summed E-state index contributed by atoms with van der Waals surface area (Å²) in [6.45, 7) is 0.0651. The largest absolute Gasteiger partial charge is 0.478 e. The zero-order valence-corrected chi connectivity index (χ0v) is 10.2. The van der Waals surface area contributed by atoms with E-state index in [1.165, 1.54) is 12.3 Å². The summed E-state index contributed by atoms with van der Waals surface area (Å²) < 4.78 is 0. The minimum absolute atomic E-state index is 0.00739. The van der Waals surface area contributed by atoms with Crippen LogP contribution in [0.3, 0.4) is 0 Å². The van der Waals surface area contributed by atoms with E-state index in [1.54, 1.807) is 0 Å². The molecule has 18 heavy (non-hydrogen) atoms. The molecular weight excluding hydrogens is 258 g/mol. The highest BCUT2D eigenvalue weighted by atomic mass is 35.5. The lowest BCUT2D eigenvalue weighted by Crippen LogP contribution is -2.31. The Bertz CT molecular complexity index is 488. The third-order valence-electron chi connectivity index (χ3n) is 2.45. The Hall–Kier alpha value is -1.82. The fourth-order valence-corrected chi connectivity index (χ4v) is 1.59. The number of halogens is 1. The number of rotatable bonds is 5. The number of pyridine rings is 1. The van der Waals surface area contributed by atoms with Crippen molar-refractivity contribution in [3.63, 3.8) is 0 Å². The van der Waals surface area contributed by atoms with Gasteiger partial charge in [0.2, 0.25) is 5.91 Å². The van der Waals surface area contributed by atoms with Crippen LogP contribution in [0.4, 0.5) is 5.82 Å². The monoisotopic (exact) mass is 269 g/mol. The van der Waals surface area contributed by atoms with Crippen molar-refractivity contribution in [2.45, 2.75) is 18.9 Å². The molecule has 6 nitrogen and oxygen atoms in total. The van der Waals surface area contributed by atoms with Crippen LogP contribution in [0.5, 0.6) is 0 Å². The van der Waals surface area contributed by atoms with Crippen LogP contribution in [0, 0.1) is 0 Å². The van der Waals surface area contributed by atoms with E-state index in [1.807, 2.05) is 0 Å². The molecular formula is C11H12ClN3O3. The molecule has 0 atom stereocenters. The maximum Gasteiger partial charge on any atom is 0.337 e. The lowest BCUT2D eigenvalue weighted by Gasteiger charge is -2.08. The van der Waals surface area contributed by atoms with Gasteiger partial charge in [0.1, 0.15) is 5.82 Å². The number of hydrogen-bond acceptors (Lipinski definition) is 4. The number of nitrogens with one attached hydrogen (secondary N) is 2. The van der Waals surface area contributed by atoms with Crippen LogP contribution >= 0.6 is 11.6 Å². The molecule has 1 aliphatic carbocycles. The van der Waals surface area contributed by atoms with E-state index >= 15 is 0 Å². The number of carbonyl (C=O) groups is 2. The molecule has 0 bridgehead atoms. The Morgan fingerprint density at radius 1 is 1.50 bits per heavy atom. The van der Waals surface area contributed by atoms with Gasteiger partial charge in [-0.1, -0.05) is 11.6 Å². The minimum atomic E-state index is -1.09. The zero-order chi connectivity index (χ0) is 13.1. The molecule has 1 aromatic rings. The second-order valence-corrected chi connectivity index (χ2v) is 4.46. The van der Waals surface area contributed by atoms with Crippen LogP contribution in [-0.2, 0) is 4.79 Å². The smallest absolute Gasteiger partial charge is 0.337 e. The molecule has 1 aliphatic rings. The Balaban J connectivity index is 1.92. The first-order valence-electron chi connectivity index (χ1n) is 5.48. The maximum atomic E-state index is 11.4. The van der Waals surface area contributed by atoms with Crippen molar-refractivity contribution in [2.24, 2.45) is 0 Å². The van der Waals surface area contributed by atoms with Gasteiger partial charge in [0.15, 0.2) is 0 Å². The maximum absolute atomic E-state index is 11.4. The number of carboxylic acid groups (broad SMARTS) is 1. The van der Waals surface area contributed by atoms with Gasteiger partial charge < -0.3 is 15.7 Å². The third-order valence-corrected chi connectivity index (χ3v) is 2.74. The lowest BCUT2D eigenvalue weighted by atomic mass is 10.3. The second kappa shape index (κ2) is 5.22. The Morgan fingerprint density at radius 3 is 2.78 bits per heavy atom. The van der Waals surface area contributed by atoms with E-state index < -0.39 is 5.97 Å². The first-order chi connectivity index (χ1) is 8.56. The number of nitrogens with zero attached hydrogens (tertiary/aromatic N) is 1. The van der Waals surface area contributed by atoms with Gasteiger partial charge in [-0.3, -0.25) is 4.79 Å². The average Bonchev–Trinajstić information content (AvgIpc) is 3.11. The fourth-order valence-electron chi connectivity index (χ4n) is 1.36. The van der Waals surface area contributed by atoms with Crippen LogP contribution in [0.15, 0.2) is 12.3 Å². The molecule has 7 heteroatoms. The highest BCUT2D eigenvalue weighted by Crippen LogP contribution is 2.20. The van der Waals surface area contributed by atoms with Gasteiger partial charge in [0.25, 0.3) is 0 Å². The van der Waals surface area contributed by atoms with Crippen LogP contribution in [-0.4, -0.2) is 34.6 Å². The summed E-state index contributed by atoms with van der Waals surface area (Å²) in [6.07, 6.45) is 3.24. The molecule has 1 heterocycles. The van der Waals surface area contributed by atoms with Crippen molar-refractivity contribution in [3.8, 4) is 0 Å². The van der Waals surface area contributed by atoms with E-state index in [-0.39, 0.29) is 23.0 Å². The summed E-state index contributed by atoms with van der Waals surface area (Å²) in [5.74, 6) is -0.923. The highest BCUT2D eigenvalue weighted by Gasteiger charge is 2.23. The predicted octanol–water partition coefficient (Wildman–Crippen LogP) is 1.12. The number of aromatic carboxylic acids is 1. The quantitative estimate of drug-likeness (QED) is 0.745. The number of aromatic nitrogens is 1.